The molecule has 0 aliphatic carbocycles. The smallest absolute Gasteiger partial charge is 0.407 e. The number of ether oxygens (including phenoxy) is 1. The molecule has 0 radical (unpaired) electrons. The van der Waals surface area contributed by atoms with Crippen LogP contribution >= 0.6 is 0 Å². The summed E-state index contributed by atoms with van der Waals surface area (Å²) in [6, 6.07) is 5.20. The lowest BCUT2D eigenvalue weighted by molar-refractivity contribution is 0.0527. The second-order valence-electron chi connectivity index (χ2n) is 7.40. The number of primary amides is 1. The molecule has 9 nitrogen and oxygen atoms in total. The average Bonchev–Trinajstić information content (AvgIpc) is 2.98. The highest BCUT2D eigenvalue weighted by molar-refractivity contribution is 6.12. The molecule has 0 unspecified atom stereocenters. The van der Waals surface area contributed by atoms with Gasteiger partial charge in [0.25, 0.3) is 0 Å². The van der Waals surface area contributed by atoms with Gasteiger partial charge in [0, 0.05) is 29.6 Å². The Bertz CT molecular complexity index is 1020. The summed E-state index contributed by atoms with van der Waals surface area (Å²) < 4.78 is 5.20. The first kappa shape index (κ1) is 19.4. The Labute approximate surface area is 162 Å². The van der Waals surface area contributed by atoms with Gasteiger partial charge in [-0.1, -0.05) is 0 Å². The van der Waals surface area contributed by atoms with Crippen LogP contribution in [0.4, 0.5) is 10.6 Å². The second-order valence-corrected chi connectivity index (χ2v) is 7.40. The van der Waals surface area contributed by atoms with Gasteiger partial charge in [0.05, 0.1) is 5.39 Å². The second kappa shape index (κ2) is 7.71. The van der Waals surface area contributed by atoms with E-state index in [1.165, 1.54) is 6.33 Å². The first-order valence-electron chi connectivity index (χ1n) is 9.01. The van der Waals surface area contributed by atoms with Gasteiger partial charge in [0.1, 0.15) is 23.4 Å². The van der Waals surface area contributed by atoms with E-state index in [9.17, 15) is 9.59 Å². The lowest BCUT2D eigenvalue weighted by Crippen LogP contribution is -2.33. The number of nitrogens with one attached hydrogen (secondary N) is 3. The molecule has 2 heterocycles. The van der Waals surface area contributed by atoms with E-state index in [-0.39, 0.29) is 0 Å². The SMILES string of the molecule is CC(C)(C)OC(=O)NCCCNc1ncnc2[nH]c3ccc(C(N)=O)cc3c12. The molecule has 0 atom stereocenters. The van der Waals surface area contributed by atoms with Crippen molar-refractivity contribution in [3.05, 3.63) is 30.1 Å². The zero-order chi connectivity index (χ0) is 20.3. The van der Waals surface area contributed by atoms with Crippen molar-refractivity contribution in [2.45, 2.75) is 32.8 Å². The van der Waals surface area contributed by atoms with E-state index < -0.39 is 17.6 Å². The van der Waals surface area contributed by atoms with Crippen LogP contribution in [-0.2, 0) is 4.74 Å². The Balaban J connectivity index is 1.68. The summed E-state index contributed by atoms with van der Waals surface area (Å²) >= 11 is 0. The minimum Gasteiger partial charge on any atom is -0.444 e. The monoisotopic (exact) mass is 384 g/mol. The van der Waals surface area contributed by atoms with E-state index in [2.05, 4.69) is 25.6 Å². The molecule has 0 saturated carbocycles. The first-order chi connectivity index (χ1) is 13.2. The standard InChI is InChI=1S/C19H24N6O3/c1-19(2,3)28-18(27)22-8-4-7-21-16-14-12-9-11(15(20)26)5-6-13(12)25-17(14)24-10-23-16/h5-6,9-10H,4,7-8H2,1-3H3,(H2,20,26)(H,22,27)(H2,21,23,24,25). The normalized spacial score (nSPS) is 11.5. The molecule has 3 rings (SSSR count). The van der Waals surface area contributed by atoms with E-state index >= 15 is 0 Å². The van der Waals surface area contributed by atoms with E-state index in [0.717, 1.165) is 16.3 Å². The molecular weight excluding hydrogens is 360 g/mol. The highest BCUT2D eigenvalue weighted by atomic mass is 16.6. The lowest BCUT2D eigenvalue weighted by Gasteiger charge is -2.19. The number of benzene rings is 1. The Morgan fingerprint density at radius 1 is 1.21 bits per heavy atom. The molecule has 2 amide bonds. The minimum absolute atomic E-state index is 0.421. The van der Waals surface area contributed by atoms with Crippen molar-refractivity contribution >= 4 is 39.8 Å². The summed E-state index contributed by atoms with van der Waals surface area (Å²) in [5.74, 6) is 0.158. The van der Waals surface area contributed by atoms with E-state index in [1.807, 2.05) is 20.8 Å². The van der Waals surface area contributed by atoms with Gasteiger partial charge in [-0.15, -0.1) is 0 Å². The van der Waals surface area contributed by atoms with Crippen molar-refractivity contribution < 1.29 is 14.3 Å². The molecule has 0 aliphatic rings. The lowest BCUT2D eigenvalue weighted by atomic mass is 10.1. The molecule has 0 spiro atoms. The fourth-order valence-electron chi connectivity index (χ4n) is 2.81. The molecule has 0 aliphatic heterocycles. The summed E-state index contributed by atoms with van der Waals surface area (Å²) in [4.78, 5) is 34.9. The van der Waals surface area contributed by atoms with Gasteiger partial charge in [-0.2, -0.15) is 0 Å². The van der Waals surface area contributed by atoms with Crippen molar-refractivity contribution in [3.8, 4) is 0 Å². The fraction of sp³-hybridized carbons (Fsp3) is 0.368. The largest absolute Gasteiger partial charge is 0.444 e. The molecular formula is C19H24N6O3. The predicted octanol–water partition coefficient (Wildman–Crippen LogP) is 2.54. The fourth-order valence-corrected chi connectivity index (χ4v) is 2.81. The number of nitrogens with two attached hydrogens (primary N) is 1. The first-order valence-corrected chi connectivity index (χ1v) is 9.01. The molecule has 148 valence electrons. The van der Waals surface area contributed by atoms with Gasteiger partial charge < -0.3 is 26.1 Å². The summed E-state index contributed by atoms with van der Waals surface area (Å²) in [6.45, 7) is 6.51. The van der Waals surface area contributed by atoms with Crippen LogP contribution in [0.1, 0.15) is 37.6 Å². The van der Waals surface area contributed by atoms with Crippen molar-refractivity contribution in [2.75, 3.05) is 18.4 Å². The van der Waals surface area contributed by atoms with Gasteiger partial charge in [0.2, 0.25) is 5.91 Å². The van der Waals surface area contributed by atoms with Gasteiger partial charge >= 0.3 is 6.09 Å². The van der Waals surface area contributed by atoms with Crippen LogP contribution in [0.25, 0.3) is 21.9 Å². The average molecular weight is 384 g/mol. The third-order valence-corrected chi connectivity index (χ3v) is 3.99. The van der Waals surface area contributed by atoms with Gasteiger partial charge in [-0.25, -0.2) is 14.8 Å². The van der Waals surface area contributed by atoms with Crippen molar-refractivity contribution in [1.29, 1.82) is 0 Å². The Hall–Kier alpha value is -3.36. The maximum Gasteiger partial charge on any atom is 0.407 e. The van der Waals surface area contributed by atoms with E-state index in [4.69, 9.17) is 10.5 Å². The third-order valence-electron chi connectivity index (χ3n) is 3.99. The molecule has 2 aromatic heterocycles. The van der Waals surface area contributed by atoms with Crippen molar-refractivity contribution in [3.63, 3.8) is 0 Å². The summed E-state index contributed by atoms with van der Waals surface area (Å²) in [6.07, 6.45) is 1.71. The number of anilines is 1. The van der Waals surface area contributed by atoms with Crippen molar-refractivity contribution in [1.82, 2.24) is 20.3 Å². The number of fused-ring (bicyclic) bond motifs is 3. The summed E-state index contributed by atoms with van der Waals surface area (Å²) in [7, 11) is 0. The van der Waals surface area contributed by atoms with Gasteiger partial charge in [0.15, 0.2) is 0 Å². The maximum absolute atomic E-state index is 11.6. The topological polar surface area (TPSA) is 135 Å². The number of hydrogen-bond donors (Lipinski definition) is 4. The quantitative estimate of drug-likeness (QED) is 0.482. The molecule has 5 N–H and O–H groups in total. The molecule has 9 heteroatoms. The van der Waals surface area contributed by atoms with E-state index in [1.54, 1.807) is 18.2 Å². The molecule has 3 aromatic rings. The van der Waals surface area contributed by atoms with Crippen LogP contribution in [-0.4, -0.2) is 45.6 Å². The number of rotatable bonds is 6. The minimum atomic E-state index is -0.520. The number of aromatic nitrogens is 3. The van der Waals surface area contributed by atoms with Crippen LogP contribution in [0.5, 0.6) is 0 Å². The van der Waals surface area contributed by atoms with Crippen molar-refractivity contribution in [2.24, 2.45) is 5.73 Å². The van der Waals surface area contributed by atoms with E-state index in [0.29, 0.717) is 36.5 Å². The Morgan fingerprint density at radius 2 is 2.00 bits per heavy atom. The Morgan fingerprint density at radius 3 is 2.71 bits per heavy atom. The molecule has 28 heavy (non-hydrogen) atoms. The highest BCUT2D eigenvalue weighted by Crippen LogP contribution is 2.29. The molecule has 0 bridgehead atoms. The molecule has 1 aromatic carbocycles. The third kappa shape index (κ3) is 4.48. The zero-order valence-electron chi connectivity index (χ0n) is 16.1. The number of hydrogen-bond acceptors (Lipinski definition) is 6. The number of nitrogens with zero attached hydrogens (tertiary/aromatic N) is 2. The summed E-state index contributed by atoms with van der Waals surface area (Å²) in [5, 5.41) is 7.59. The number of carbonyl (C=O) groups is 2. The van der Waals surface area contributed by atoms with Crippen LogP contribution in [0.2, 0.25) is 0 Å². The number of amides is 2. The van der Waals surface area contributed by atoms with Gasteiger partial charge in [-0.05, 0) is 45.4 Å². The number of carbonyl (C=O) groups excluding carboxylic acids is 2. The Kier molecular flexibility index (Phi) is 5.34. The van der Waals surface area contributed by atoms with Crippen LogP contribution in [0, 0.1) is 0 Å². The van der Waals surface area contributed by atoms with Crippen LogP contribution in [0.3, 0.4) is 0 Å². The van der Waals surface area contributed by atoms with Gasteiger partial charge in [-0.3, -0.25) is 4.79 Å². The zero-order valence-corrected chi connectivity index (χ0v) is 16.1. The summed E-state index contributed by atoms with van der Waals surface area (Å²) in [5.41, 5.74) is 6.80. The maximum atomic E-state index is 11.6. The number of H-pyrrole nitrogens is 1. The highest BCUT2D eigenvalue weighted by Gasteiger charge is 2.16. The number of alkyl carbamates (subject to hydrolysis) is 1. The predicted molar refractivity (Wildman–Crippen MR) is 107 cm³/mol. The number of aromatic amines is 1. The van der Waals surface area contributed by atoms with Crippen LogP contribution in [0.15, 0.2) is 24.5 Å². The molecule has 0 saturated heterocycles. The van der Waals surface area contributed by atoms with Crippen LogP contribution < -0.4 is 16.4 Å². The molecule has 0 fully saturated rings.